The SMILES string of the molecule is COc1cccc(F)c1-c1nc(C2CCNCC2)no1. The van der Waals surface area contributed by atoms with Crippen LogP contribution in [0.25, 0.3) is 11.5 Å². The van der Waals surface area contributed by atoms with Gasteiger partial charge in [-0.05, 0) is 38.1 Å². The first-order valence-electron chi connectivity index (χ1n) is 6.67. The number of ether oxygens (including phenoxy) is 1. The maximum atomic E-state index is 14.0. The quantitative estimate of drug-likeness (QED) is 0.933. The largest absolute Gasteiger partial charge is 0.496 e. The molecule has 1 fully saturated rings. The van der Waals surface area contributed by atoms with Crippen LogP contribution in [0.4, 0.5) is 4.39 Å². The Morgan fingerprint density at radius 3 is 2.90 bits per heavy atom. The van der Waals surface area contributed by atoms with Gasteiger partial charge in [0, 0.05) is 5.92 Å². The highest BCUT2D eigenvalue weighted by atomic mass is 19.1. The number of benzene rings is 1. The lowest BCUT2D eigenvalue weighted by atomic mass is 9.98. The van der Waals surface area contributed by atoms with Gasteiger partial charge in [0.15, 0.2) is 5.82 Å². The molecule has 1 aliphatic heterocycles. The Kier molecular flexibility index (Phi) is 3.64. The third-order valence-electron chi connectivity index (χ3n) is 3.56. The average molecular weight is 277 g/mol. The van der Waals surface area contributed by atoms with Gasteiger partial charge in [0.2, 0.25) is 0 Å². The predicted molar refractivity (Wildman–Crippen MR) is 71.1 cm³/mol. The summed E-state index contributed by atoms with van der Waals surface area (Å²) in [4.78, 5) is 4.35. The summed E-state index contributed by atoms with van der Waals surface area (Å²) >= 11 is 0. The summed E-state index contributed by atoms with van der Waals surface area (Å²) in [5.41, 5.74) is 0.225. The topological polar surface area (TPSA) is 60.2 Å². The molecule has 0 atom stereocenters. The molecule has 0 spiro atoms. The number of piperidine rings is 1. The van der Waals surface area contributed by atoms with E-state index in [2.05, 4.69) is 15.5 Å². The number of rotatable bonds is 3. The van der Waals surface area contributed by atoms with Gasteiger partial charge in [0.25, 0.3) is 5.89 Å². The van der Waals surface area contributed by atoms with Gasteiger partial charge in [0.1, 0.15) is 17.1 Å². The molecule has 0 radical (unpaired) electrons. The van der Waals surface area contributed by atoms with Crippen LogP contribution in [0.1, 0.15) is 24.6 Å². The molecule has 1 aromatic carbocycles. The van der Waals surface area contributed by atoms with Gasteiger partial charge in [-0.1, -0.05) is 11.2 Å². The van der Waals surface area contributed by atoms with E-state index in [0.29, 0.717) is 11.6 Å². The second-order valence-corrected chi connectivity index (χ2v) is 4.80. The second kappa shape index (κ2) is 5.58. The number of nitrogens with one attached hydrogen (secondary N) is 1. The zero-order valence-corrected chi connectivity index (χ0v) is 11.2. The van der Waals surface area contributed by atoms with Crippen molar-refractivity contribution in [1.29, 1.82) is 0 Å². The van der Waals surface area contributed by atoms with Crippen molar-refractivity contribution >= 4 is 0 Å². The Morgan fingerprint density at radius 2 is 2.15 bits per heavy atom. The van der Waals surface area contributed by atoms with E-state index in [1.807, 2.05) is 0 Å². The van der Waals surface area contributed by atoms with Gasteiger partial charge in [-0.25, -0.2) is 4.39 Å². The Hall–Kier alpha value is -1.95. The van der Waals surface area contributed by atoms with Gasteiger partial charge in [-0.3, -0.25) is 0 Å². The van der Waals surface area contributed by atoms with Crippen molar-refractivity contribution in [2.75, 3.05) is 20.2 Å². The fourth-order valence-corrected chi connectivity index (χ4v) is 2.46. The third kappa shape index (κ3) is 2.38. The van der Waals surface area contributed by atoms with Crippen LogP contribution in [0, 0.1) is 5.82 Å². The van der Waals surface area contributed by atoms with Crippen LogP contribution in [-0.2, 0) is 0 Å². The maximum Gasteiger partial charge on any atom is 0.264 e. The molecule has 0 aliphatic carbocycles. The summed E-state index contributed by atoms with van der Waals surface area (Å²) in [7, 11) is 1.49. The zero-order chi connectivity index (χ0) is 13.9. The van der Waals surface area contributed by atoms with E-state index in [9.17, 15) is 4.39 Å². The van der Waals surface area contributed by atoms with Crippen molar-refractivity contribution in [3.05, 3.63) is 29.8 Å². The molecular weight excluding hydrogens is 261 g/mol. The van der Waals surface area contributed by atoms with Crippen LogP contribution in [-0.4, -0.2) is 30.3 Å². The lowest BCUT2D eigenvalue weighted by molar-refractivity contribution is 0.385. The van der Waals surface area contributed by atoms with E-state index in [0.717, 1.165) is 25.9 Å². The number of hydrogen-bond donors (Lipinski definition) is 1. The molecule has 0 unspecified atom stereocenters. The molecule has 0 amide bonds. The van der Waals surface area contributed by atoms with Gasteiger partial charge in [-0.15, -0.1) is 0 Å². The Bertz CT molecular complexity index is 594. The van der Waals surface area contributed by atoms with E-state index >= 15 is 0 Å². The van der Waals surface area contributed by atoms with Crippen molar-refractivity contribution in [3.63, 3.8) is 0 Å². The molecule has 20 heavy (non-hydrogen) atoms. The molecule has 106 valence electrons. The molecule has 2 aromatic rings. The zero-order valence-electron chi connectivity index (χ0n) is 11.2. The van der Waals surface area contributed by atoms with Crippen LogP contribution in [0.3, 0.4) is 0 Å². The molecule has 0 bridgehead atoms. The molecule has 1 N–H and O–H groups in total. The van der Waals surface area contributed by atoms with E-state index in [1.54, 1.807) is 12.1 Å². The van der Waals surface area contributed by atoms with Gasteiger partial charge in [-0.2, -0.15) is 4.98 Å². The monoisotopic (exact) mass is 277 g/mol. The van der Waals surface area contributed by atoms with Crippen LogP contribution in [0.5, 0.6) is 5.75 Å². The fraction of sp³-hybridized carbons (Fsp3) is 0.429. The average Bonchev–Trinajstić information content (AvgIpc) is 2.97. The summed E-state index contributed by atoms with van der Waals surface area (Å²) in [5, 5.41) is 7.28. The second-order valence-electron chi connectivity index (χ2n) is 4.80. The first kappa shape index (κ1) is 13.1. The fourth-order valence-electron chi connectivity index (χ4n) is 2.46. The molecule has 0 saturated carbocycles. The summed E-state index contributed by atoms with van der Waals surface area (Å²) in [5.74, 6) is 1.06. The highest BCUT2D eigenvalue weighted by molar-refractivity contribution is 5.63. The predicted octanol–water partition coefficient (Wildman–Crippen LogP) is 2.35. The Balaban J connectivity index is 1.93. The molecule has 6 heteroatoms. The van der Waals surface area contributed by atoms with Crippen molar-refractivity contribution in [2.24, 2.45) is 0 Å². The van der Waals surface area contributed by atoms with E-state index in [1.165, 1.54) is 13.2 Å². The molecule has 5 nitrogen and oxygen atoms in total. The molecule has 2 heterocycles. The molecule has 1 saturated heterocycles. The minimum Gasteiger partial charge on any atom is -0.496 e. The van der Waals surface area contributed by atoms with Crippen molar-refractivity contribution < 1.29 is 13.7 Å². The maximum absolute atomic E-state index is 14.0. The van der Waals surface area contributed by atoms with Gasteiger partial charge in [0.05, 0.1) is 7.11 Å². The number of methoxy groups -OCH3 is 1. The summed E-state index contributed by atoms with van der Waals surface area (Å²) < 4.78 is 24.3. The summed E-state index contributed by atoms with van der Waals surface area (Å²) in [6.07, 6.45) is 1.93. The van der Waals surface area contributed by atoms with Gasteiger partial charge >= 0.3 is 0 Å². The highest BCUT2D eigenvalue weighted by Gasteiger charge is 2.23. The third-order valence-corrected chi connectivity index (χ3v) is 3.56. The van der Waals surface area contributed by atoms with E-state index in [4.69, 9.17) is 9.26 Å². The smallest absolute Gasteiger partial charge is 0.264 e. The number of hydrogen-bond acceptors (Lipinski definition) is 5. The van der Waals surface area contributed by atoms with Crippen LogP contribution in [0.15, 0.2) is 22.7 Å². The van der Waals surface area contributed by atoms with E-state index in [-0.39, 0.29) is 17.4 Å². The van der Waals surface area contributed by atoms with Crippen LogP contribution in [0.2, 0.25) is 0 Å². The lowest BCUT2D eigenvalue weighted by Gasteiger charge is -2.18. The van der Waals surface area contributed by atoms with Gasteiger partial charge < -0.3 is 14.6 Å². The van der Waals surface area contributed by atoms with Crippen molar-refractivity contribution in [2.45, 2.75) is 18.8 Å². The van der Waals surface area contributed by atoms with E-state index < -0.39 is 5.82 Å². The lowest BCUT2D eigenvalue weighted by Crippen LogP contribution is -2.27. The highest BCUT2D eigenvalue weighted by Crippen LogP contribution is 2.32. The Morgan fingerprint density at radius 1 is 1.35 bits per heavy atom. The number of nitrogens with zero attached hydrogens (tertiary/aromatic N) is 2. The van der Waals surface area contributed by atoms with Crippen molar-refractivity contribution in [3.8, 4) is 17.2 Å². The Labute approximate surface area is 116 Å². The molecule has 1 aromatic heterocycles. The first-order valence-corrected chi connectivity index (χ1v) is 6.67. The minimum absolute atomic E-state index is 0.175. The standard InChI is InChI=1S/C14H16FN3O2/c1-19-11-4-2-3-10(15)12(11)14-17-13(18-20-14)9-5-7-16-8-6-9/h2-4,9,16H,5-8H2,1H3. The summed E-state index contributed by atoms with van der Waals surface area (Å²) in [6, 6.07) is 4.61. The summed E-state index contributed by atoms with van der Waals surface area (Å²) in [6.45, 7) is 1.88. The first-order chi connectivity index (χ1) is 9.79. The molecular formula is C14H16FN3O2. The molecule has 3 rings (SSSR count). The van der Waals surface area contributed by atoms with Crippen LogP contribution >= 0.6 is 0 Å². The minimum atomic E-state index is -0.426. The van der Waals surface area contributed by atoms with Crippen LogP contribution < -0.4 is 10.1 Å². The number of aromatic nitrogens is 2. The normalized spacial score (nSPS) is 16.3. The molecule has 1 aliphatic rings. The number of halogens is 1. The van der Waals surface area contributed by atoms with Crippen molar-refractivity contribution in [1.82, 2.24) is 15.5 Å².